The van der Waals surface area contributed by atoms with Crippen LogP contribution in [0.25, 0.3) is 22.1 Å². The molecule has 0 saturated heterocycles. The van der Waals surface area contributed by atoms with Crippen molar-refractivity contribution in [3.63, 3.8) is 0 Å². The van der Waals surface area contributed by atoms with Crippen LogP contribution in [-0.2, 0) is 9.59 Å². The molecular formula is C28H32N12O4. The van der Waals surface area contributed by atoms with Gasteiger partial charge in [-0.3, -0.25) is 19.6 Å². The second-order valence-electron chi connectivity index (χ2n) is 9.27. The van der Waals surface area contributed by atoms with E-state index in [0.717, 1.165) is 96.5 Å². The fourth-order valence-corrected chi connectivity index (χ4v) is 4.13. The van der Waals surface area contributed by atoms with Crippen LogP contribution in [0.4, 0.5) is 11.4 Å². The molecule has 0 unspecified atom stereocenters. The van der Waals surface area contributed by atoms with Gasteiger partial charge < -0.3 is 41.4 Å². The molecule has 2 aromatic carbocycles. The molecule has 44 heavy (non-hydrogen) atoms. The molecule has 2 aromatic heterocycles. The Bertz CT molecular complexity index is 1670. The first-order valence-electron chi connectivity index (χ1n) is 13.3. The summed E-state index contributed by atoms with van der Waals surface area (Å²) in [6.07, 6.45) is 3.21. The topological polar surface area (TPSA) is 252 Å². The zero-order valence-corrected chi connectivity index (χ0v) is 24.5. The highest BCUT2D eigenvalue weighted by atomic mass is 16.4. The van der Waals surface area contributed by atoms with Gasteiger partial charge in [0.1, 0.15) is 12.1 Å². The van der Waals surface area contributed by atoms with E-state index in [0.29, 0.717) is 11.1 Å². The van der Waals surface area contributed by atoms with E-state index in [2.05, 4.69) is 63.3 Å². The van der Waals surface area contributed by atoms with Gasteiger partial charge in [0.2, 0.25) is 0 Å². The first-order valence-corrected chi connectivity index (χ1v) is 13.3. The molecule has 0 saturated carbocycles. The van der Waals surface area contributed by atoms with Crippen LogP contribution in [0.1, 0.15) is 36.1 Å². The molecule has 2 aliphatic heterocycles. The molecule has 8 N–H and O–H groups in total. The van der Waals surface area contributed by atoms with E-state index >= 15 is 0 Å². The lowest BCUT2D eigenvalue weighted by Crippen LogP contribution is -2.26. The summed E-state index contributed by atoms with van der Waals surface area (Å²) in [4.78, 5) is 41.1. The molecule has 0 radical (unpaired) electrons. The van der Waals surface area contributed by atoms with Crippen molar-refractivity contribution >= 4 is 57.3 Å². The van der Waals surface area contributed by atoms with Crippen molar-refractivity contribution in [3.8, 4) is 12.1 Å². The van der Waals surface area contributed by atoms with Gasteiger partial charge in [-0.1, -0.05) is 0 Å². The van der Waals surface area contributed by atoms with E-state index in [-0.39, 0.29) is 0 Å². The molecule has 4 aromatic rings. The van der Waals surface area contributed by atoms with Crippen molar-refractivity contribution in [2.24, 2.45) is 9.98 Å². The summed E-state index contributed by atoms with van der Waals surface area (Å²) in [6.45, 7) is 9.35. The minimum absolute atomic E-state index is 0.578. The second-order valence-corrected chi connectivity index (χ2v) is 9.27. The number of H-pyrrole nitrogens is 2. The van der Waals surface area contributed by atoms with Crippen LogP contribution in [0.3, 0.4) is 0 Å². The highest BCUT2D eigenvalue weighted by molar-refractivity contribution is 6.00. The maximum Gasteiger partial charge on any atom is 0.300 e. The van der Waals surface area contributed by atoms with E-state index < -0.39 is 11.9 Å². The summed E-state index contributed by atoms with van der Waals surface area (Å²) >= 11 is 0. The van der Waals surface area contributed by atoms with Crippen LogP contribution in [0.5, 0.6) is 0 Å². The number of nitrogens with zero attached hydrogens (tertiary/aromatic N) is 6. The Labute approximate surface area is 252 Å². The summed E-state index contributed by atoms with van der Waals surface area (Å²) in [6, 6.07) is 7.99. The number of carbonyl (C=O) groups is 2. The number of fused-ring (bicyclic) bond motifs is 2. The highest BCUT2D eigenvalue weighted by Gasteiger charge is 2.15. The molecule has 0 spiro atoms. The number of nitriles is 2. The number of hydrogen-bond donors (Lipinski definition) is 8. The highest BCUT2D eigenvalue weighted by Crippen LogP contribution is 2.27. The number of anilines is 2. The van der Waals surface area contributed by atoms with Crippen LogP contribution < -0.4 is 21.3 Å². The molecule has 0 aliphatic carbocycles. The summed E-state index contributed by atoms with van der Waals surface area (Å²) < 4.78 is 0. The van der Waals surface area contributed by atoms with E-state index in [1.165, 1.54) is 0 Å². The average molecular weight is 601 g/mol. The van der Waals surface area contributed by atoms with Crippen molar-refractivity contribution in [1.82, 2.24) is 30.6 Å². The maximum atomic E-state index is 9.16. The van der Waals surface area contributed by atoms with Gasteiger partial charge in [0.05, 0.1) is 58.9 Å². The lowest BCUT2D eigenvalue weighted by molar-refractivity contribution is -0.135. The fourth-order valence-electron chi connectivity index (χ4n) is 4.13. The second kappa shape index (κ2) is 15.2. The molecule has 6 rings (SSSR count). The molecule has 228 valence electrons. The Kier molecular flexibility index (Phi) is 11.2. The fraction of sp³-hybridized carbons (Fsp3) is 0.286. The number of aliphatic imine (C=N–C) groups is 2. The van der Waals surface area contributed by atoms with Crippen molar-refractivity contribution in [1.29, 1.82) is 10.5 Å². The third-order valence-electron chi connectivity index (χ3n) is 6.01. The average Bonchev–Trinajstić information content (AvgIpc) is 3.79. The van der Waals surface area contributed by atoms with E-state index in [9.17, 15) is 0 Å². The Morgan fingerprint density at radius 3 is 1.43 bits per heavy atom. The maximum absolute atomic E-state index is 9.16. The van der Waals surface area contributed by atoms with E-state index in [4.69, 9.17) is 30.3 Å². The number of benzene rings is 2. The van der Waals surface area contributed by atoms with Gasteiger partial charge in [-0.15, -0.1) is 0 Å². The molecule has 2 aliphatic rings. The number of carboxylic acid groups (broad SMARTS) is 2. The number of carboxylic acids is 2. The quantitative estimate of drug-likeness (QED) is 0.165. The lowest BCUT2D eigenvalue weighted by atomic mass is 10.1. The number of aromatic nitrogens is 4. The van der Waals surface area contributed by atoms with Crippen LogP contribution in [-0.4, -0.2) is 80.2 Å². The number of nitrogens with one attached hydrogen (secondary N) is 6. The third kappa shape index (κ3) is 8.43. The van der Waals surface area contributed by atoms with Gasteiger partial charge in [-0.25, -0.2) is 9.97 Å². The van der Waals surface area contributed by atoms with Gasteiger partial charge in [-0.05, 0) is 26.0 Å². The standard InChI is InChI=1S/2C12H12N6.2C2H4O2/c2*1-7-9(18-12-14-2-3-15-12)4-8(5-13)11-10(7)16-6-17-11;2*1-2(3)4/h2*4,6H,2-3H2,1H3,(H,16,17)(H2,14,15,18);2*1H3,(H,3,4). The zero-order chi connectivity index (χ0) is 32.2. The molecule has 0 fully saturated rings. The zero-order valence-electron chi connectivity index (χ0n) is 24.5. The molecule has 0 amide bonds. The Morgan fingerprint density at radius 1 is 0.773 bits per heavy atom. The van der Waals surface area contributed by atoms with Gasteiger partial charge in [0.25, 0.3) is 11.9 Å². The van der Waals surface area contributed by atoms with Gasteiger partial charge in [0.15, 0.2) is 11.9 Å². The van der Waals surface area contributed by atoms with Crippen molar-refractivity contribution in [3.05, 3.63) is 47.0 Å². The van der Waals surface area contributed by atoms with Crippen LogP contribution in [0, 0.1) is 36.5 Å². The van der Waals surface area contributed by atoms with Crippen molar-refractivity contribution in [2.45, 2.75) is 27.7 Å². The minimum Gasteiger partial charge on any atom is -0.481 e. The molecule has 16 heteroatoms. The third-order valence-corrected chi connectivity index (χ3v) is 6.01. The smallest absolute Gasteiger partial charge is 0.300 e. The van der Waals surface area contributed by atoms with Crippen molar-refractivity contribution < 1.29 is 19.8 Å². The molecule has 16 nitrogen and oxygen atoms in total. The predicted molar refractivity (Wildman–Crippen MR) is 166 cm³/mol. The number of guanidine groups is 2. The predicted octanol–water partition coefficient (Wildman–Crippen LogP) is 2.41. The SMILES string of the molecule is CC(=O)O.CC(=O)O.Cc1c(NC2=NCCN2)cc(C#N)c2[nH]cnc12.Cc1c(NC2=NCCN2)cc(C#N)c2[nH]cnc12. The monoisotopic (exact) mass is 600 g/mol. The summed E-state index contributed by atoms with van der Waals surface area (Å²) in [7, 11) is 0. The molecule has 0 atom stereocenters. The van der Waals surface area contributed by atoms with E-state index in [1.54, 1.807) is 12.7 Å². The summed E-state index contributed by atoms with van der Waals surface area (Å²) in [5.74, 6) is -0.172. The largest absolute Gasteiger partial charge is 0.481 e. The van der Waals surface area contributed by atoms with Crippen molar-refractivity contribution in [2.75, 3.05) is 36.8 Å². The van der Waals surface area contributed by atoms with Gasteiger partial charge >= 0.3 is 0 Å². The van der Waals surface area contributed by atoms with Crippen LogP contribution >= 0.6 is 0 Å². The van der Waals surface area contributed by atoms with Gasteiger partial charge in [0, 0.05) is 49.4 Å². The summed E-state index contributed by atoms with van der Waals surface area (Å²) in [5.41, 5.74) is 8.07. The Hall–Kier alpha value is -6.16. The van der Waals surface area contributed by atoms with E-state index in [1.807, 2.05) is 26.0 Å². The number of aromatic amines is 2. The minimum atomic E-state index is -0.833. The number of hydrogen-bond acceptors (Lipinski definition) is 12. The molecular weight excluding hydrogens is 568 g/mol. The Balaban J connectivity index is 0.000000194. The Morgan fingerprint density at radius 2 is 1.14 bits per heavy atom. The van der Waals surface area contributed by atoms with Gasteiger partial charge in [-0.2, -0.15) is 10.5 Å². The molecule has 4 heterocycles. The first kappa shape index (κ1) is 32.4. The van der Waals surface area contributed by atoms with Crippen LogP contribution in [0.15, 0.2) is 34.8 Å². The number of imidazole rings is 2. The van der Waals surface area contributed by atoms with Crippen LogP contribution in [0.2, 0.25) is 0 Å². The molecule has 0 bridgehead atoms. The normalized spacial score (nSPS) is 12.7. The summed E-state index contributed by atoms with van der Waals surface area (Å²) in [5, 5.41) is 45.8. The number of rotatable bonds is 2. The number of aryl methyl sites for hydroxylation is 2. The first-order chi connectivity index (χ1) is 21.0. The lowest BCUT2D eigenvalue weighted by Gasteiger charge is -2.10. The number of aliphatic carboxylic acids is 2.